The minimum absolute atomic E-state index is 0.0394. The summed E-state index contributed by atoms with van der Waals surface area (Å²) in [6.45, 7) is 2.91. The van der Waals surface area contributed by atoms with Gasteiger partial charge in [0, 0.05) is 4.90 Å². The summed E-state index contributed by atoms with van der Waals surface area (Å²) >= 11 is 0. The number of hydrogen-bond acceptors (Lipinski definition) is 3. The summed E-state index contributed by atoms with van der Waals surface area (Å²) < 4.78 is 109. The first-order chi connectivity index (χ1) is 12.2. The van der Waals surface area contributed by atoms with Crippen molar-refractivity contribution in [2.45, 2.75) is 42.4 Å². The Morgan fingerprint density at radius 1 is 1.04 bits per heavy atom. The van der Waals surface area contributed by atoms with Crippen LogP contribution in [0.2, 0.25) is 0 Å². The fourth-order valence-electron chi connectivity index (χ4n) is 1.92. The van der Waals surface area contributed by atoms with E-state index in [1.165, 1.54) is 31.2 Å². The fourth-order valence-corrected chi connectivity index (χ4v) is 3.21. The van der Waals surface area contributed by atoms with Gasteiger partial charge in [0.1, 0.15) is 0 Å². The molecule has 0 heterocycles. The van der Waals surface area contributed by atoms with Crippen LogP contribution >= 0.6 is 0 Å². The Labute approximate surface area is 153 Å². The van der Waals surface area contributed by atoms with Gasteiger partial charge < -0.3 is 9.84 Å². The maximum atomic E-state index is 14.2. The summed E-state index contributed by atoms with van der Waals surface area (Å²) in [6.07, 6.45) is -6.32. The first-order valence-corrected chi connectivity index (χ1v) is 8.80. The van der Waals surface area contributed by atoms with E-state index >= 15 is 0 Å². The largest absolute Gasteiger partial charge is 0.502 e. The lowest BCUT2D eigenvalue weighted by molar-refractivity contribution is -0.379. The number of rotatable bonds is 8. The molecule has 0 aromatic heterocycles. The third-order valence-electron chi connectivity index (χ3n) is 3.54. The predicted molar refractivity (Wildman–Crippen MR) is 84.1 cm³/mol. The van der Waals surface area contributed by atoms with Crippen molar-refractivity contribution in [3.63, 3.8) is 0 Å². The molecule has 3 nitrogen and oxygen atoms in total. The number of aryl methyl sites for hydroxylation is 1. The molecule has 0 radical (unpaired) electrons. The lowest BCUT2D eigenvalue weighted by Gasteiger charge is -2.38. The normalized spacial score (nSPS) is 17.0. The maximum absolute atomic E-state index is 14.2. The second kappa shape index (κ2) is 8.17. The summed E-state index contributed by atoms with van der Waals surface area (Å²) in [5, 5.41) is 10.1. The Kier molecular flexibility index (Phi) is 7.09. The smallest absolute Gasteiger partial charge is 0.460 e. The van der Waals surface area contributed by atoms with Crippen LogP contribution in [0.5, 0.6) is 0 Å². The molecular formula is C16H17F7O3S. The molecule has 0 aliphatic heterocycles. The van der Waals surface area contributed by atoms with Crippen LogP contribution in [0.25, 0.3) is 0 Å². The van der Waals surface area contributed by atoms with Crippen molar-refractivity contribution in [3.05, 3.63) is 42.2 Å². The van der Waals surface area contributed by atoms with Crippen molar-refractivity contribution >= 4 is 10.8 Å². The van der Waals surface area contributed by atoms with Gasteiger partial charge in [-0.1, -0.05) is 17.7 Å². The molecule has 1 N–H and O–H groups in total. The first kappa shape index (κ1) is 23.4. The zero-order chi connectivity index (χ0) is 21.1. The zero-order valence-electron chi connectivity index (χ0n) is 14.2. The molecule has 0 fully saturated rings. The zero-order valence-corrected chi connectivity index (χ0v) is 15.0. The molecule has 0 aliphatic rings. The summed E-state index contributed by atoms with van der Waals surface area (Å²) in [4.78, 5) is -0.130. The van der Waals surface area contributed by atoms with E-state index < -0.39 is 40.2 Å². The Morgan fingerprint density at radius 2 is 1.56 bits per heavy atom. The average Bonchev–Trinajstić information content (AvgIpc) is 2.54. The Hall–Kier alpha value is -1.62. The fraction of sp³-hybridized carbons (Fsp3) is 0.500. The van der Waals surface area contributed by atoms with E-state index in [4.69, 9.17) is 0 Å². The van der Waals surface area contributed by atoms with Crippen LogP contribution in [0, 0.1) is 6.92 Å². The molecule has 0 saturated heterocycles. The van der Waals surface area contributed by atoms with Crippen LogP contribution in [-0.2, 0) is 15.5 Å². The summed E-state index contributed by atoms with van der Waals surface area (Å²) in [6, 6.07) is 5.31. The van der Waals surface area contributed by atoms with Crippen molar-refractivity contribution in [2.75, 3.05) is 12.4 Å². The van der Waals surface area contributed by atoms with Gasteiger partial charge in [0.15, 0.2) is 5.60 Å². The monoisotopic (exact) mass is 422 g/mol. The predicted octanol–water partition coefficient (Wildman–Crippen LogP) is 4.22. The molecule has 154 valence electrons. The minimum Gasteiger partial charge on any atom is -0.502 e. The van der Waals surface area contributed by atoms with Crippen LogP contribution in [0.4, 0.5) is 30.7 Å². The second-order valence-corrected chi connectivity index (χ2v) is 7.08. The summed E-state index contributed by atoms with van der Waals surface area (Å²) in [5.74, 6) is -14.2. The Morgan fingerprint density at radius 3 is 2.00 bits per heavy atom. The van der Waals surface area contributed by atoms with E-state index in [1.807, 2.05) is 0 Å². The average molecular weight is 422 g/mol. The van der Waals surface area contributed by atoms with Gasteiger partial charge in [-0.05, 0) is 32.1 Å². The van der Waals surface area contributed by atoms with E-state index in [9.17, 15) is 40.0 Å². The Balaban J connectivity index is 3.36. The van der Waals surface area contributed by atoms with Gasteiger partial charge >= 0.3 is 18.0 Å². The minimum atomic E-state index is -6.64. The molecule has 1 aromatic carbocycles. The number of alkyl halides is 7. The molecule has 0 aliphatic carbocycles. The van der Waals surface area contributed by atoms with Crippen molar-refractivity contribution < 1.29 is 44.8 Å². The van der Waals surface area contributed by atoms with E-state index in [0.717, 1.165) is 0 Å². The topological polar surface area (TPSA) is 46.5 Å². The number of aliphatic hydroxyl groups is 1. The lowest BCUT2D eigenvalue weighted by Crippen LogP contribution is -2.65. The van der Waals surface area contributed by atoms with Crippen LogP contribution in [0.1, 0.15) is 12.5 Å². The third-order valence-corrected chi connectivity index (χ3v) is 5.04. The maximum Gasteiger partial charge on any atom is 0.460 e. The highest BCUT2D eigenvalue weighted by Gasteiger charge is 2.79. The SMILES string of the molecule is CCO/C=C/[C@](O)(CS(=O)c1ccc(C)cc1)C(F)(F)C(F)(F)C(F)(F)F. The van der Waals surface area contributed by atoms with Gasteiger partial charge in [0.25, 0.3) is 0 Å². The van der Waals surface area contributed by atoms with Gasteiger partial charge in [-0.25, -0.2) is 0 Å². The Bertz CT molecular complexity index is 686. The molecule has 0 bridgehead atoms. The van der Waals surface area contributed by atoms with E-state index in [0.29, 0.717) is 11.8 Å². The highest BCUT2D eigenvalue weighted by atomic mass is 32.2. The highest BCUT2D eigenvalue weighted by Crippen LogP contribution is 2.52. The van der Waals surface area contributed by atoms with Gasteiger partial charge in [0.2, 0.25) is 0 Å². The number of ether oxygens (including phenoxy) is 1. The standard InChI is InChI=1S/C16H17F7O3S/c1-3-26-9-8-13(24,14(17,18)15(19,20)16(21,22)23)10-27(25)12-6-4-11(2)5-7-12/h4-9,24H,3,10H2,1-2H3/b9-8+/t13-,27?/m0/s1. The molecular weight excluding hydrogens is 405 g/mol. The number of hydrogen-bond donors (Lipinski definition) is 1. The van der Waals surface area contributed by atoms with Crippen molar-refractivity contribution in [2.24, 2.45) is 0 Å². The van der Waals surface area contributed by atoms with Gasteiger partial charge in [-0.15, -0.1) is 0 Å². The molecule has 0 saturated carbocycles. The molecule has 0 spiro atoms. The quantitative estimate of drug-likeness (QED) is 0.504. The number of halogens is 7. The molecule has 2 atom stereocenters. The van der Waals surface area contributed by atoms with E-state index in [1.54, 1.807) is 6.92 Å². The number of benzene rings is 1. The third kappa shape index (κ3) is 4.81. The molecule has 11 heteroatoms. The lowest BCUT2D eigenvalue weighted by atomic mass is 9.92. The molecule has 1 aromatic rings. The van der Waals surface area contributed by atoms with E-state index in [2.05, 4.69) is 4.74 Å². The van der Waals surface area contributed by atoms with Crippen molar-refractivity contribution in [3.8, 4) is 0 Å². The first-order valence-electron chi connectivity index (χ1n) is 7.48. The van der Waals surface area contributed by atoms with Crippen LogP contribution in [0.3, 0.4) is 0 Å². The molecule has 1 rings (SSSR count). The van der Waals surface area contributed by atoms with Crippen LogP contribution in [-0.4, -0.2) is 45.3 Å². The van der Waals surface area contributed by atoms with Gasteiger partial charge in [-0.3, -0.25) is 4.21 Å². The van der Waals surface area contributed by atoms with Crippen LogP contribution in [0.15, 0.2) is 41.5 Å². The highest BCUT2D eigenvalue weighted by molar-refractivity contribution is 7.85. The second-order valence-electron chi connectivity index (χ2n) is 5.63. The molecule has 27 heavy (non-hydrogen) atoms. The summed E-state index contributed by atoms with van der Waals surface area (Å²) in [5.41, 5.74) is -3.40. The summed E-state index contributed by atoms with van der Waals surface area (Å²) in [7, 11) is -2.51. The van der Waals surface area contributed by atoms with Crippen LogP contribution < -0.4 is 0 Å². The van der Waals surface area contributed by atoms with Crippen molar-refractivity contribution in [1.29, 1.82) is 0 Å². The molecule has 0 amide bonds. The van der Waals surface area contributed by atoms with Crippen molar-refractivity contribution in [1.82, 2.24) is 0 Å². The van der Waals surface area contributed by atoms with Gasteiger partial charge in [-0.2, -0.15) is 30.7 Å². The van der Waals surface area contributed by atoms with Gasteiger partial charge in [0.05, 0.1) is 29.4 Å². The van der Waals surface area contributed by atoms with E-state index in [-0.39, 0.29) is 17.6 Å². The molecule has 1 unspecified atom stereocenters.